The van der Waals surface area contributed by atoms with Crippen molar-refractivity contribution in [2.75, 3.05) is 6.61 Å². The minimum absolute atomic E-state index is 0.350. The molecule has 2 aromatic rings. The van der Waals surface area contributed by atoms with Crippen molar-refractivity contribution in [3.63, 3.8) is 0 Å². The first-order chi connectivity index (χ1) is 17.3. The van der Waals surface area contributed by atoms with Crippen LogP contribution in [0.25, 0.3) is 5.57 Å². The van der Waals surface area contributed by atoms with Crippen molar-refractivity contribution in [1.82, 2.24) is 5.32 Å². The summed E-state index contributed by atoms with van der Waals surface area (Å²) in [5.41, 5.74) is 4.06. The summed E-state index contributed by atoms with van der Waals surface area (Å²) < 4.78 is 7.76. The van der Waals surface area contributed by atoms with Gasteiger partial charge in [-0.2, -0.15) is 0 Å². The Balaban J connectivity index is 1.45. The molecule has 1 amide bonds. The van der Waals surface area contributed by atoms with Crippen molar-refractivity contribution in [2.45, 2.75) is 110 Å². The van der Waals surface area contributed by atoms with Crippen LogP contribution in [0.15, 0.2) is 55.4 Å². The maximum atomic E-state index is 12.3. The molecule has 0 bridgehead atoms. The van der Waals surface area contributed by atoms with E-state index in [1.54, 1.807) is 0 Å². The maximum Gasteiger partial charge on any atom is 0.407 e. The number of allylic oxidation sites excluding steroid dienone is 1. The van der Waals surface area contributed by atoms with Gasteiger partial charge in [-0.3, -0.25) is 0 Å². The Hall–Kier alpha value is -2.62. The van der Waals surface area contributed by atoms with E-state index in [9.17, 15) is 4.79 Å². The van der Waals surface area contributed by atoms with Gasteiger partial charge in [-0.15, -0.1) is 0 Å². The fourth-order valence-electron chi connectivity index (χ4n) is 4.44. The van der Waals surface area contributed by atoms with E-state index in [-0.39, 0.29) is 6.09 Å². The predicted molar refractivity (Wildman–Crippen MR) is 151 cm³/mol. The van der Waals surface area contributed by atoms with E-state index < -0.39 is 5.54 Å². The molecule has 1 aromatic carbocycles. The molecule has 0 atom stereocenters. The summed E-state index contributed by atoms with van der Waals surface area (Å²) in [6, 6.07) is 12.5. The van der Waals surface area contributed by atoms with Gasteiger partial charge >= 0.3 is 6.09 Å². The highest BCUT2D eigenvalue weighted by molar-refractivity contribution is 5.69. The molecular formula is C32H49N2O2+. The van der Waals surface area contributed by atoms with Crippen LogP contribution in [-0.4, -0.2) is 12.7 Å². The zero-order chi connectivity index (χ0) is 26.2. The number of ether oxygens (including phenoxy) is 1. The SMILES string of the molecule is C=C(C)c1cccc(C(C)(C)NC(=O)OCCCCCCCCCCCC[n+]2cccc(CC)c2)c1. The molecule has 198 valence electrons. The molecule has 4 heteroatoms. The molecule has 0 unspecified atom stereocenters. The Morgan fingerprint density at radius 3 is 2.22 bits per heavy atom. The topological polar surface area (TPSA) is 42.2 Å². The molecule has 0 fully saturated rings. The van der Waals surface area contributed by atoms with Crippen LogP contribution < -0.4 is 9.88 Å². The smallest absolute Gasteiger partial charge is 0.407 e. The van der Waals surface area contributed by atoms with Gasteiger partial charge < -0.3 is 10.1 Å². The number of aryl methyl sites for hydroxylation is 2. The number of amides is 1. The number of benzene rings is 1. The van der Waals surface area contributed by atoms with Crippen LogP contribution in [0, 0.1) is 0 Å². The van der Waals surface area contributed by atoms with E-state index in [2.05, 4.69) is 54.0 Å². The molecule has 1 N–H and O–H groups in total. The van der Waals surface area contributed by atoms with Gasteiger partial charge in [0.05, 0.1) is 12.1 Å². The molecule has 0 aliphatic rings. The molecule has 4 nitrogen and oxygen atoms in total. The monoisotopic (exact) mass is 493 g/mol. The van der Waals surface area contributed by atoms with Gasteiger partial charge in [0, 0.05) is 18.1 Å². The number of alkyl carbamates (subject to hydrolysis) is 1. The van der Waals surface area contributed by atoms with Crippen molar-refractivity contribution in [3.8, 4) is 0 Å². The number of nitrogens with zero attached hydrogens (tertiary/aromatic N) is 1. The van der Waals surface area contributed by atoms with Gasteiger partial charge in [-0.05, 0) is 63.3 Å². The number of carbonyl (C=O) groups is 1. The van der Waals surface area contributed by atoms with Crippen LogP contribution in [0.3, 0.4) is 0 Å². The Kier molecular flexibility index (Phi) is 13.3. The highest BCUT2D eigenvalue weighted by atomic mass is 16.5. The molecule has 0 radical (unpaired) electrons. The molecule has 1 aromatic heterocycles. The lowest BCUT2D eigenvalue weighted by atomic mass is 9.92. The van der Waals surface area contributed by atoms with Gasteiger partial charge in [0.2, 0.25) is 0 Å². The average molecular weight is 494 g/mol. The summed E-state index contributed by atoms with van der Waals surface area (Å²) in [5.74, 6) is 0. The van der Waals surface area contributed by atoms with Crippen LogP contribution in [0.1, 0.15) is 109 Å². The lowest BCUT2D eigenvalue weighted by Crippen LogP contribution is -2.41. The molecule has 2 rings (SSSR count). The van der Waals surface area contributed by atoms with E-state index in [1.807, 2.05) is 39.0 Å². The second-order valence-electron chi connectivity index (χ2n) is 10.6. The molecule has 1 heterocycles. The third-order valence-electron chi connectivity index (χ3n) is 6.86. The summed E-state index contributed by atoms with van der Waals surface area (Å²) in [7, 11) is 0. The van der Waals surface area contributed by atoms with Gasteiger partial charge in [-0.1, -0.05) is 82.2 Å². The van der Waals surface area contributed by atoms with Gasteiger partial charge in [0.1, 0.15) is 6.54 Å². The molecule has 0 saturated heterocycles. The summed E-state index contributed by atoms with van der Waals surface area (Å²) in [6.45, 7) is 13.8. The fourth-order valence-corrected chi connectivity index (χ4v) is 4.44. The lowest BCUT2D eigenvalue weighted by molar-refractivity contribution is -0.697. The standard InChI is InChI=1S/C32H48N2O2/c1-6-28-19-18-23-34(26-28)22-15-13-11-9-7-8-10-12-14-16-24-36-31(35)33-32(4,5)30-21-17-20-29(25-30)27(2)3/h17-21,23,25-26H,2,6-16,22,24H2,1,3-5H3/p+1. The Bertz CT molecular complexity index is 935. The van der Waals surface area contributed by atoms with E-state index in [4.69, 9.17) is 4.74 Å². The minimum Gasteiger partial charge on any atom is -0.450 e. The molecule has 0 saturated carbocycles. The molecule has 36 heavy (non-hydrogen) atoms. The van der Waals surface area contributed by atoms with Crippen LogP contribution in [0.2, 0.25) is 0 Å². The first-order valence-electron chi connectivity index (χ1n) is 14.0. The first kappa shape index (κ1) is 29.6. The Morgan fingerprint density at radius 2 is 1.58 bits per heavy atom. The average Bonchev–Trinajstić information content (AvgIpc) is 2.86. The van der Waals surface area contributed by atoms with E-state index in [0.29, 0.717) is 6.61 Å². The van der Waals surface area contributed by atoms with E-state index in [1.165, 1.54) is 56.9 Å². The third-order valence-corrected chi connectivity index (χ3v) is 6.86. The van der Waals surface area contributed by atoms with Crippen molar-refractivity contribution in [2.24, 2.45) is 0 Å². The third kappa shape index (κ3) is 11.4. The van der Waals surface area contributed by atoms with Crippen LogP contribution in [0.5, 0.6) is 0 Å². The Morgan fingerprint density at radius 1 is 0.944 bits per heavy atom. The number of unbranched alkanes of at least 4 members (excludes halogenated alkanes) is 9. The number of nitrogens with one attached hydrogen (secondary N) is 1. The van der Waals surface area contributed by atoms with Crippen LogP contribution in [0.4, 0.5) is 4.79 Å². The first-order valence-corrected chi connectivity index (χ1v) is 14.0. The summed E-state index contributed by atoms with van der Waals surface area (Å²) >= 11 is 0. The van der Waals surface area contributed by atoms with E-state index >= 15 is 0 Å². The van der Waals surface area contributed by atoms with Crippen molar-refractivity contribution >= 4 is 11.7 Å². The molecule has 0 aliphatic carbocycles. The molecular weight excluding hydrogens is 444 g/mol. The highest BCUT2D eigenvalue weighted by Crippen LogP contribution is 2.23. The number of hydrogen-bond acceptors (Lipinski definition) is 2. The molecule has 0 spiro atoms. The van der Waals surface area contributed by atoms with Crippen LogP contribution in [-0.2, 0) is 23.2 Å². The number of hydrogen-bond donors (Lipinski definition) is 1. The Labute approximate surface area is 220 Å². The summed E-state index contributed by atoms with van der Waals surface area (Å²) in [5, 5.41) is 3.00. The lowest BCUT2D eigenvalue weighted by Gasteiger charge is -2.27. The minimum atomic E-state index is -0.498. The fraction of sp³-hybridized carbons (Fsp3) is 0.562. The summed E-state index contributed by atoms with van der Waals surface area (Å²) in [4.78, 5) is 12.3. The second kappa shape index (κ2) is 16.2. The number of aromatic nitrogens is 1. The van der Waals surface area contributed by atoms with Crippen LogP contribution >= 0.6 is 0 Å². The number of pyridine rings is 1. The molecule has 0 aliphatic heterocycles. The quantitative estimate of drug-likeness (QED) is 0.178. The zero-order valence-corrected chi connectivity index (χ0v) is 23.3. The largest absolute Gasteiger partial charge is 0.450 e. The van der Waals surface area contributed by atoms with Gasteiger partial charge in [-0.25, -0.2) is 9.36 Å². The van der Waals surface area contributed by atoms with Crippen molar-refractivity contribution in [1.29, 1.82) is 0 Å². The van der Waals surface area contributed by atoms with Crippen molar-refractivity contribution < 1.29 is 14.1 Å². The highest BCUT2D eigenvalue weighted by Gasteiger charge is 2.23. The van der Waals surface area contributed by atoms with Gasteiger partial charge in [0.25, 0.3) is 0 Å². The van der Waals surface area contributed by atoms with E-state index in [0.717, 1.165) is 42.5 Å². The maximum absolute atomic E-state index is 12.3. The normalized spacial score (nSPS) is 11.3. The van der Waals surface area contributed by atoms with Crippen molar-refractivity contribution in [3.05, 3.63) is 72.1 Å². The number of rotatable bonds is 17. The van der Waals surface area contributed by atoms with Gasteiger partial charge in [0.15, 0.2) is 12.4 Å². The number of carbonyl (C=O) groups excluding carboxylic acids is 1. The summed E-state index contributed by atoms with van der Waals surface area (Å²) in [6.07, 6.45) is 17.7. The second-order valence-corrected chi connectivity index (χ2v) is 10.6. The predicted octanol–water partition coefficient (Wildman–Crippen LogP) is 8.13. The zero-order valence-electron chi connectivity index (χ0n) is 23.3.